The van der Waals surface area contributed by atoms with E-state index in [1.807, 2.05) is 0 Å². The number of carbonyl (C=O) groups excluding carboxylic acids is 1. The third-order valence-electron chi connectivity index (χ3n) is 2.76. The second-order valence-electron chi connectivity index (χ2n) is 4.24. The van der Waals surface area contributed by atoms with Gasteiger partial charge in [-0.25, -0.2) is 0 Å². The summed E-state index contributed by atoms with van der Waals surface area (Å²) < 4.78 is 40.6. The predicted molar refractivity (Wildman–Crippen MR) is 55.3 cm³/mol. The fourth-order valence-corrected chi connectivity index (χ4v) is 1.63. The van der Waals surface area contributed by atoms with E-state index in [2.05, 4.69) is 5.32 Å². The number of nitrogens with two attached hydrogens (primary N) is 1. The number of nitrogens with one attached hydrogen (secondary N) is 1. The maximum atomic E-state index is 11.9. The van der Waals surface area contributed by atoms with E-state index in [9.17, 15) is 18.0 Å². The van der Waals surface area contributed by atoms with Crippen LogP contribution in [0, 0.1) is 0 Å². The largest absolute Gasteiger partial charge is 0.389 e. The van der Waals surface area contributed by atoms with E-state index in [0.717, 1.165) is 0 Å². The number of amides is 1. The highest BCUT2D eigenvalue weighted by molar-refractivity contribution is 5.86. The molecule has 100 valence electrons. The fourth-order valence-electron chi connectivity index (χ4n) is 1.63. The van der Waals surface area contributed by atoms with Crippen LogP contribution in [0.25, 0.3) is 0 Å². The Balaban J connectivity index is 2.24. The van der Waals surface area contributed by atoms with Gasteiger partial charge in [0.15, 0.2) is 0 Å². The molecular weight excluding hydrogens is 237 g/mol. The van der Waals surface area contributed by atoms with Crippen LogP contribution in [0.5, 0.6) is 0 Å². The fraction of sp³-hybridized carbons (Fsp3) is 0.900. The molecule has 1 fully saturated rings. The SMILES string of the molecule is NC1(C(=O)NCCCC(F)(F)F)CCOCC1. The number of halogens is 3. The Morgan fingerprint density at radius 3 is 2.47 bits per heavy atom. The molecule has 3 N–H and O–H groups in total. The van der Waals surface area contributed by atoms with E-state index in [1.54, 1.807) is 0 Å². The third kappa shape index (κ3) is 4.91. The molecule has 4 nitrogen and oxygen atoms in total. The number of alkyl halides is 3. The molecule has 1 aliphatic heterocycles. The van der Waals surface area contributed by atoms with Crippen molar-refractivity contribution in [2.45, 2.75) is 37.4 Å². The van der Waals surface area contributed by atoms with Crippen molar-refractivity contribution in [3.8, 4) is 0 Å². The Bertz CT molecular complexity index is 263. The van der Waals surface area contributed by atoms with Crippen LogP contribution < -0.4 is 11.1 Å². The van der Waals surface area contributed by atoms with Gasteiger partial charge in [-0.15, -0.1) is 0 Å². The molecule has 0 aromatic heterocycles. The molecule has 0 spiro atoms. The van der Waals surface area contributed by atoms with Crippen LogP contribution in [0.3, 0.4) is 0 Å². The number of ether oxygens (including phenoxy) is 1. The first-order valence-corrected chi connectivity index (χ1v) is 5.55. The monoisotopic (exact) mass is 254 g/mol. The summed E-state index contributed by atoms with van der Waals surface area (Å²) in [7, 11) is 0. The van der Waals surface area contributed by atoms with Gasteiger partial charge in [0.25, 0.3) is 0 Å². The summed E-state index contributed by atoms with van der Waals surface area (Å²) in [6.07, 6.45) is -4.39. The predicted octanol–water partition coefficient (Wildman–Crippen LogP) is 0.953. The molecule has 0 aromatic rings. The summed E-state index contributed by atoms with van der Waals surface area (Å²) in [6.45, 7) is 0.817. The lowest BCUT2D eigenvalue weighted by molar-refractivity contribution is -0.137. The molecule has 1 rings (SSSR count). The van der Waals surface area contributed by atoms with Crippen molar-refractivity contribution in [2.75, 3.05) is 19.8 Å². The highest BCUT2D eigenvalue weighted by Crippen LogP contribution is 2.21. The van der Waals surface area contributed by atoms with E-state index in [0.29, 0.717) is 26.1 Å². The van der Waals surface area contributed by atoms with Crippen LogP contribution >= 0.6 is 0 Å². The van der Waals surface area contributed by atoms with Gasteiger partial charge in [0.1, 0.15) is 0 Å². The van der Waals surface area contributed by atoms with Crippen LogP contribution in [-0.4, -0.2) is 37.4 Å². The van der Waals surface area contributed by atoms with Gasteiger partial charge in [0.05, 0.1) is 5.54 Å². The van der Waals surface area contributed by atoms with Crippen LogP contribution in [0.1, 0.15) is 25.7 Å². The maximum Gasteiger partial charge on any atom is 0.389 e. The summed E-state index contributed by atoms with van der Waals surface area (Å²) in [5.74, 6) is -0.386. The first-order valence-electron chi connectivity index (χ1n) is 5.55. The Morgan fingerprint density at radius 1 is 1.35 bits per heavy atom. The van der Waals surface area contributed by atoms with E-state index in [4.69, 9.17) is 10.5 Å². The number of hydrogen-bond acceptors (Lipinski definition) is 3. The van der Waals surface area contributed by atoms with Crippen molar-refractivity contribution in [1.29, 1.82) is 0 Å². The Hall–Kier alpha value is -0.820. The van der Waals surface area contributed by atoms with Crippen molar-refractivity contribution in [1.82, 2.24) is 5.32 Å². The highest BCUT2D eigenvalue weighted by atomic mass is 19.4. The molecule has 1 saturated heterocycles. The van der Waals surface area contributed by atoms with Crippen molar-refractivity contribution < 1.29 is 22.7 Å². The zero-order chi connectivity index (χ0) is 12.9. The minimum absolute atomic E-state index is 0.00183. The molecule has 0 aromatic carbocycles. The van der Waals surface area contributed by atoms with Gasteiger partial charge in [0.2, 0.25) is 5.91 Å². The van der Waals surface area contributed by atoms with Crippen LogP contribution in [0.15, 0.2) is 0 Å². The zero-order valence-electron chi connectivity index (χ0n) is 9.48. The minimum Gasteiger partial charge on any atom is -0.381 e. The third-order valence-corrected chi connectivity index (χ3v) is 2.76. The summed E-state index contributed by atoms with van der Waals surface area (Å²) in [5, 5.41) is 2.45. The smallest absolute Gasteiger partial charge is 0.381 e. The number of carbonyl (C=O) groups is 1. The summed E-state index contributed by atoms with van der Waals surface area (Å²) in [5.41, 5.74) is 4.87. The van der Waals surface area contributed by atoms with E-state index in [-0.39, 0.29) is 18.9 Å². The first-order chi connectivity index (χ1) is 7.83. The zero-order valence-corrected chi connectivity index (χ0v) is 9.48. The normalized spacial score (nSPS) is 20.0. The van der Waals surface area contributed by atoms with Crippen molar-refractivity contribution in [3.05, 3.63) is 0 Å². The second kappa shape index (κ2) is 5.68. The summed E-state index contributed by atoms with van der Waals surface area (Å²) in [4.78, 5) is 11.7. The van der Waals surface area contributed by atoms with Crippen LogP contribution in [-0.2, 0) is 9.53 Å². The number of hydrogen-bond donors (Lipinski definition) is 2. The molecular formula is C10H17F3N2O2. The van der Waals surface area contributed by atoms with Gasteiger partial charge in [-0.3, -0.25) is 4.79 Å². The molecule has 1 aliphatic rings. The molecule has 0 unspecified atom stereocenters. The van der Waals surface area contributed by atoms with Crippen molar-refractivity contribution in [2.24, 2.45) is 5.73 Å². The molecule has 0 atom stereocenters. The molecule has 0 saturated carbocycles. The molecule has 1 amide bonds. The van der Waals surface area contributed by atoms with Crippen LogP contribution in [0.2, 0.25) is 0 Å². The lowest BCUT2D eigenvalue weighted by atomic mass is 9.90. The number of rotatable bonds is 4. The molecule has 0 bridgehead atoms. The Labute approximate surface area is 97.7 Å². The standard InChI is InChI=1S/C10H17F3N2O2/c11-10(12,13)2-1-5-15-8(16)9(14)3-6-17-7-4-9/h1-7,14H2,(H,15,16). The van der Waals surface area contributed by atoms with Gasteiger partial charge >= 0.3 is 6.18 Å². The summed E-state index contributed by atoms with van der Waals surface area (Å²) in [6, 6.07) is 0. The second-order valence-corrected chi connectivity index (χ2v) is 4.24. The molecule has 1 heterocycles. The quantitative estimate of drug-likeness (QED) is 0.734. The molecule has 0 radical (unpaired) electrons. The molecule has 7 heteroatoms. The van der Waals surface area contributed by atoms with E-state index >= 15 is 0 Å². The Morgan fingerprint density at radius 2 is 1.94 bits per heavy atom. The lowest BCUT2D eigenvalue weighted by Gasteiger charge is -2.31. The van der Waals surface area contributed by atoms with Gasteiger partial charge in [-0.2, -0.15) is 13.2 Å². The Kier molecular flexibility index (Phi) is 4.76. The van der Waals surface area contributed by atoms with Gasteiger partial charge in [-0.1, -0.05) is 0 Å². The minimum atomic E-state index is -4.18. The van der Waals surface area contributed by atoms with Gasteiger partial charge in [-0.05, 0) is 19.3 Å². The van der Waals surface area contributed by atoms with Gasteiger partial charge < -0.3 is 15.8 Å². The summed E-state index contributed by atoms with van der Waals surface area (Å²) >= 11 is 0. The van der Waals surface area contributed by atoms with E-state index in [1.165, 1.54) is 0 Å². The lowest BCUT2D eigenvalue weighted by Crippen LogP contribution is -2.57. The molecule has 17 heavy (non-hydrogen) atoms. The highest BCUT2D eigenvalue weighted by Gasteiger charge is 2.35. The topological polar surface area (TPSA) is 64.4 Å². The average molecular weight is 254 g/mol. The van der Waals surface area contributed by atoms with Crippen LogP contribution in [0.4, 0.5) is 13.2 Å². The van der Waals surface area contributed by atoms with Crippen molar-refractivity contribution in [3.63, 3.8) is 0 Å². The van der Waals surface area contributed by atoms with E-state index < -0.39 is 18.1 Å². The maximum absolute atomic E-state index is 11.9. The molecule has 0 aliphatic carbocycles. The average Bonchev–Trinajstić information content (AvgIpc) is 2.24. The van der Waals surface area contributed by atoms with Crippen molar-refractivity contribution >= 4 is 5.91 Å². The first kappa shape index (κ1) is 14.2. The van der Waals surface area contributed by atoms with Gasteiger partial charge in [0, 0.05) is 26.2 Å².